The number of nitriles is 2. The fraction of sp³-hybridized carbons (Fsp3) is 0.333. The molecule has 0 aromatic heterocycles. The Bertz CT molecular complexity index is 752. The van der Waals surface area contributed by atoms with Crippen LogP contribution in [-0.4, -0.2) is 6.36 Å². The molecule has 3 atom stereocenters. The Kier molecular flexibility index (Phi) is 4.71. The molecule has 120 valence electrons. The van der Waals surface area contributed by atoms with E-state index in [1.807, 2.05) is 13.8 Å². The first-order valence-electron chi connectivity index (χ1n) is 6.70. The molecule has 1 aromatic carbocycles. The Morgan fingerprint density at radius 3 is 2.17 bits per heavy atom. The maximum absolute atomic E-state index is 14.4. The molecule has 1 aliphatic heterocycles. The summed E-state index contributed by atoms with van der Waals surface area (Å²) in [5.74, 6) is -3.52. The van der Waals surface area contributed by atoms with Crippen LogP contribution in [0.5, 0.6) is 0 Å². The number of nitrogens with zero attached hydrogens (tertiary/aromatic N) is 2. The van der Waals surface area contributed by atoms with Gasteiger partial charge in [0.15, 0.2) is 0 Å². The molecule has 1 saturated heterocycles. The molecule has 0 radical (unpaired) electrons. The number of fused-ring (bicyclic) bond motifs is 3. The maximum Gasteiger partial charge on any atom is 0.244 e. The summed E-state index contributed by atoms with van der Waals surface area (Å²) < 4.78 is 42.5. The number of hydrogen-bond acceptors (Lipinski definition) is 5. The molecule has 0 bridgehead atoms. The van der Waals surface area contributed by atoms with Crippen molar-refractivity contribution in [2.75, 3.05) is 0 Å². The lowest BCUT2D eigenvalue weighted by Crippen LogP contribution is -2.30. The molecule has 1 aliphatic carbocycles. The van der Waals surface area contributed by atoms with Crippen LogP contribution < -0.4 is 0 Å². The topological polar surface area (TPSA) is 75.3 Å². The highest BCUT2D eigenvalue weighted by molar-refractivity contribution is 5.77. The van der Waals surface area contributed by atoms with Gasteiger partial charge in [0.25, 0.3) is 0 Å². The van der Waals surface area contributed by atoms with Crippen molar-refractivity contribution in [2.45, 2.75) is 26.3 Å². The van der Waals surface area contributed by atoms with Crippen molar-refractivity contribution in [3.05, 3.63) is 40.5 Å². The summed E-state index contributed by atoms with van der Waals surface area (Å²) in [5.41, 5.74) is -2.43. The second kappa shape index (κ2) is 6.39. The quantitative estimate of drug-likeness (QED) is 0.682. The zero-order valence-electron chi connectivity index (χ0n) is 12.2. The summed E-state index contributed by atoms with van der Waals surface area (Å²) in [4.78, 5) is 8.82. The lowest BCUT2D eigenvalue weighted by molar-refractivity contribution is -0.586. The van der Waals surface area contributed by atoms with Crippen molar-refractivity contribution in [1.29, 1.82) is 10.5 Å². The van der Waals surface area contributed by atoms with Crippen molar-refractivity contribution in [2.24, 2.45) is 5.92 Å². The van der Waals surface area contributed by atoms with Gasteiger partial charge in [0.05, 0.1) is 5.92 Å². The van der Waals surface area contributed by atoms with Gasteiger partial charge < -0.3 is 0 Å². The van der Waals surface area contributed by atoms with E-state index in [9.17, 15) is 13.2 Å². The summed E-state index contributed by atoms with van der Waals surface area (Å²) >= 11 is 0. The van der Waals surface area contributed by atoms with Gasteiger partial charge >= 0.3 is 0 Å². The zero-order chi connectivity index (χ0) is 17.3. The van der Waals surface area contributed by atoms with Crippen LogP contribution in [0.3, 0.4) is 0 Å². The molecule has 1 fully saturated rings. The number of hydrogen-bond donors (Lipinski definition) is 0. The van der Waals surface area contributed by atoms with Crippen LogP contribution in [0, 0.1) is 40.2 Å². The largest absolute Gasteiger partial charge is 0.244 e. The molecule has 5 nitrogen and oxygen atoms in total. The van der Waals surface area contributed by atoms with E-state index in [1.54, 1.807) is 0 Å². The van der Waals surface area contributed by atoms with E-state index < -0.39 is 46.7 Å². The van der Waals surface area contributed by atoms with E-state index in [0.29, 0.717) is 0 Å². The first kappa shape index (κ1) is 17.0. The van der Waals surface area contributed by atoms with Crippen LogP contribution in [0.1, 0.15) is 42.2 Å². The molecule has 0 amide bonds. The Labute approximate surface area is 130 Å². The van der Waals surface area contributed by atoms with Crippen molar-refractivity contribution in [3.8, 4) is 12.1 Å². The molecular formula is C15H11F3N2O3. The van der Waals surface area contributed by atoms with E-state index in [1.165, 1.54) is 12.1 Å². The van der Waals surface area contributed by atoms with Gasteiger partial charge in [-0.2, -0.15) is 20.3 Å². The number of alkyl halides is 1. The monoisotopic (exact) mass is 324 g/mol. The third kappa shape index (κ3) is 2.28. The first-order valence-corrected chi connectivity index (χ1v) is 6.70. The second-order valence-electron chi connectivity index (χ2n) is 4.47. The van der Waals surface area contributed by atoms with E-state index >= 15 is 0 Å². The van der Waals surface area contributed by atoms with Gasteiger partial charge in [-0.1, -0.05) is 25.5 Å². The normalized spacial score (nSPS) is 24.7. The van der Waals surface area contributed by atoms with Crippen molar-refractivity contribution < 1.29 is 28.0 Å². The van der Waals surface area contributed by atoms with Gasteiger partial charge in [0.1, 0.15) is 41.0 Å². The smallest absolute Gasteiger partial charge is 0.212 e. The SMILES string of the molecule is C=C1c2c(F)c(C#N)c(C#N)c(F)c2C2OOOC(F)C12.CC. The average molecular weight is 324 g/mol. The summed E-state index contributed by atoms with van der Waals surface area (Å²) in [6.07, 6.45) is -3.39. The molecule has 3 rings (SSSR count). The minimum absolute atomic E-state index is 0.122. The number of benzene rings is 1. The van der Waals surface area contributed by atoms with Crippen LogP contribution in [0.15, 0.2) is 6.58 Å². The fourth-order valence-corrected chi connectivity index (χ4v) is 2.59. The third-order valence-electron chi connectivity index (χ3n) is 3.53. The lowest BCUT2D eigenvalue weighted by atomic mass is 9.97. The van der Waals surface area contributed by atoms with Crippen molar-refractivity contribution in [3.63, 3.8) is 0 Å². The predicted octanol–water partition coefficient (Wildman–Crippen LogP) is 3.61. The Hall–Kier alpha value is -2.39. The Morgan fingerprint density at radius 2 is 1.61 bits per heavy atom. The minimum atomic E-state index is -2.04. The van der Waals surface area contributed by atoms with E-state index in [-0.39, 0.29) is 11.1 Å². The Morgan fingerprint density at radius 1 is 1.04 bits per heavy atom. The zero-order valence-corrected chi connectivity index (χ0v) is 12.2. The molecule has 1 aromatic rings. The standard InChI is InChI=1S/C13H5F3N2O3.C2H6/c1-4-7-9(12-8(4)13(16)20-21-19-12)11(15)6(3-18)5(2-17)10(7)14;1-2/h8,12-13H,1H2;1-2H3. The van der Waals surface area contributed by atoms with Crippen LogP contribution in [0.2, 0.25) is 0 Å². The predicted molar refractivity (Wildman–Crippen MR) is 70.6 cm³/mol. The molecule has 2 aliphatic rings. The van der Waals surface area contributed by atoms with Gasteiger partial charge in [-0.05, 0) is 5.57 Å². The number of halogens is 3. The summed E-state index contributed by atoms with van der Waals surface area (Å²) in [6.45, 7) is 7.51. The maximum atomic E-state index is 14.4. The van der Waals surface area contributed by atoms with Gasteiger partial charge in [0, 0.05) is 11.1 Å². The Balaban J connectivity index is 0.000000924. The van der Waals surface area contributed by atoms with E-state index in [0.717, 1.165) is 0 Å². The van der Waals surface area contributed by atoms with Crippen LogP contribution in [0.25, 0.3) is 5.57 Å². The van der Waals surface area contributed by atoms with Crippen molar-refractivity contribution >= 4 is 5.57 Å². The molecule has 1 heterocycles. The molecular weight excluding hydrogens is 313 g/mol. The van der Waals surface area contributed by atoms with E-state index in [2.05, 4.69) is 21.4 Å². The summed E-state index contributed by atoms with van der Waals surface area (Å²) in [5, 5.41) is 21.9. The second-order valence-corrected chi connectivity index (χ2v) is 4.47. The summed E-state index contributed by atoms with van der Waals surface area (Å²) in [7, 11) is 0. The highest BCUT2D eigenvalue weighted by Crippen LogP contribution is 2.53. The highest BCUT2D eigenvalue weighted by atomic mass is 19.1. The van der Waals surface area contributed by atoms with Crippen LogP contribution in [-0.2, 0) is 14.8 Å². The molecule has 3 unspecified atom stereocenters. The van der Waals surface area contributed by atoms with E-state index in [4.69, 9.17) is 10.5 Å². The molecule has 8 heteroatoms. The average Bonchev–Trinajstić information content (AvgIpc) is 2.87. The van der Waals surface area contributed by atoms with Crippen molar-refractivity contribution in [1.82, 2.24) is 0 Å². The first-order chi connectivity index (χ1) is 11.0. The van der Waals surface area contributed by atoms with Crippen LogP contribution >= 0.6 is 0 Å². The molecule has 23 heavy (non-hydrogen) atoms. The molecule has 0 N–H and O–H groups in total. The molecule has 0 spiro atoms. The fourth-order valence-electron chi connectivity index (χ4n) is 2.59. The number of rotatable bonds is 0. The summed E-state index contributed by atoms with van der Waals surface area (Å²) in [6, 6.07) is 2.84. The lowest BCUT2D eigenvalue weighted by Gasteiger charge is -2.26. The third-order valence-corrected chi connectivity index (χ3v) is 3.53. The van der Waals surface area contributed by atoms with Gasteiger partial charge in [-0.15, -0.1) is 0 Å². The van der Waals surface area contributed by atoms with Gasteiger partial charge in [-0.3, -0.25) is 0 Å². The van der Waals surface area contributed by atoms with Gasteiger partial charge in [-0.25, -0.2) is 13.2 Å². The highest BCUT2D eigenvalue weighted by Gasteiger charge is 2.51. The molecule has 0 saturated carbocycles. The van der Waals surface area contributed by atoms with Gasteiger partial charge in [0.2, 0.25) is 6.36 Å². The minimum Gasteiger partial charge on any atom is -0.212 e. The van der Waals surface area contributed by atoms with Crippen LogP contribution in [0.4, 0.5) is 13.2 Å².